The third-order valence-electron chi connectivity index (χ3n) is 6.40. The molecule has 26 heavy (non-hydrogen) atoms. The van der Waals surface area contributed by atoms with Gasteiger partial charge in [-0.05, 0) is 49.3 Å². The van der Waals surface area contributed by atoms with Crippen molar-refractivity contribution in [2.24, 2.45) is 7.05 Å². The first kappa shape index (κ1) is 17.9. The highest BCUT2D eigenvalue weighted by atomic mass is 35.5. The van der Waals surface area contributed by atoms with Crippen LogP contribution in [0.25, 0.3) is 10.9 Å². The van der Waals surface area contributed by atoms with Gasteiger partial charge < -0.3 is 14.6 Å². The molecule has 1 aliphatic carbocycles. The van der Waals surface area contributed by atoms with Crippen LogP contribution in [0.15, 0.2) is 24.4 Å². The Morgan fingerprint density at radius 1 is 1.38 bits per heavy atom. The van der Waals surface area contributed by atoms with Crippen LogP contribution in [0.5, 0.6) is 0 Å². The number of amides is 1. The molecule has 1 N–H and O–H groups in total. The summed E-state index contributed by atoms with van der Waals surface area (Å²) in [5.74, 6) is 0.310. The van der Waals surface area contributed by atoms with Crippen molar-refractivity contribution in [3.63, 3.8) is 0 Å². The van der Waals surface area contributed by atoms with Gasteiger partial charge in [-0.25, -0.2) is 0 Å². The molecule has 3 aliphatic rings. The largest absolute Gasteiger partial charge is 0.390 e. The number of carbonyl (C=O) groups is 1. The molecule has 2 aliphatic heterocycles. The second-order valence-electron chi connectivity index (χ2n) is 8.29. The first-order chi connectivity index (χ1) is 12.3. The van der Waals surface area contributed by atoms with Crippen LogP contribution in [0.2, 0.25) is 5.02 Å². The Morgan fingerprint density at radius 3 is 2.81 bits per heavy atom. The lowest BCUT2D eigenvalue weighted by atomic mass is 9.66. The lowest BCUT2D eigenvalue weighted by Gasteiger charge is -2.58. The molecule has 2 aromatic rings. The number of nitrogens with zero attached hydrogens (tertiary/aromatic N) is 2. The van der Waals surface area contributed by atoms with Crippen LogP contribution in [0.3, 0.4) is 0 Å². The molecule has 0 radical (unpaired) electrons. The summed E-state index contributed by atoms with van der Waals surface area (Å²) >= 11 is 6.46. The molecule has 3 heterocycles. The van der Waals surface area contributed by atoms with E-state index in [1.807, 2.05) is 19.2 Å². The van der Waals surface area contributed by atoms with E-state index in [-0.39, 0.29) is 23.9 Å². The van der Waals surface area contributed by atoms with E-state index in [1.165, 1.54) is 0 Å². The van der Waals surface area contributed by atoms with Crippen molar-refractivity contribution in [1.29, 1.82) is 0 Å². The normalized spacial score (nSPS) is 28.9. The van der Waals surface area contributed by atoms with Crippen LogP contribution in [0.4, 0.5) is 0 Å². The van der Waals surface area contributed by atoms with Crippen molar-refractivity contribution < 1.29 is 9.90 Å². The summed E-state index contributed by atoms with van der Waals surface area (Å²) in [7, 11) is 2.02. The average Bonchev–Trinajstić information content (AvgIpc) is 2.92. The third kappa shape index (κ3) is 2.74. The number of hydrogen-bond acceptors (Lipinski definition) is 2. The van der Waals surface area contributed by atoms with Gasteiger partial charge in [-0.15, -0.1) is 0 Å². The maximum atomic E-state index is 13.1. The predicted molar refractivity (Wildman–Crippen MR) is 104 cm³/mol. The van der Waals surface area contributed by atoms with Crippen molar-refractivity contribution in [3.05, 3.63) is 35.0 Å². The molecule has 2 unspecified atom stereocenters. The summed E-state index contributed by atoms with van der Waals surface area (Å²) < 4.78 is 2.08. The summed E-state index contributed by atoms with van der Waals surface area (Å²) in [5.41, 5.74) is 1.72. The summed E-state index contributed by atoms with van der Waals surface area (Å²) in [6.45, 7) is 4.21. The molecule has 2 atom stereocenters. The standard InChI is InChI=1S/C21H27ClN2O2/c1-4-14-9-21(26)10-15(11-21)24(14)19(25)8-13(2)16-12-23(3)18-7-5-6-17(22)20(16)18/h5-7,12-15,26H,4,8-11H2,1-3H3. The molecule has 1 amide bonds. The average molecular weight is 375 g/mol. The van der Waals surface area contributed by atoms with E-state index in [2.05, 4.69) is 35.6 Å². The van der Waals surface area contributed by atoms with E-state index in [0.717, 1.165) is 47.2 Å². The van der Waals surface area contributed by atoms with Gasteiger partial charge in [0.05, 0.1) is 10.6 Å². The van der Waals surface area contributed by atoms with Gasteiger partial charge in [-0.3, -0.25) is 4.79 Å². The number of aromatic nitrogens is 1. The first-order valence-corrected chi connectivity index (χ1v) is 9.97. The van der Waals surface area contributed by atoms with Crippen LogP contribution in [0, 0.1) is 0 Å². The smallest absolute Gasteiger partial charge is 0.223 e. The minimum absolute atomic E-state index is 0.101. The van der Waals surface area contributed by atoms with Crippen molar-refractivity contribution in [2.45, 2.75) is 69.6 Å². The molecular weight excluding hydrogens is 348 g/mol. The Bertz CT molecular complexity index is 853. The predicted octanol–water partition coefficient (Wildman–Crippen LogP) is 4.23. The van der Waals surface area contributed by atoms with Gasteiger partial charge in [-0.2, -0.15) is 0 Å². The topological polar surface area (TPSA) is 45.5 Å². The molecule has 0 spiro atoms. The number of halogens is 1. The van der Waals surface area contributed by atoms with E-state index in [1.54, 1.807) is 0 Å². The zero-order valence-corrected chi connectivity index (χ0v) is 16.5. The van der Waals surface area contributed by atoms with E-state index < -0.39 is 5.60 Å². The van der Waals surface area contributed by atoms with Crippen molar-refractivity contribution in [3.8, 4) is 0 Å². The summed E-state index contributed by atoms with van der Waals surface area (Å²) in [5, 5.41) is 12.2. The van der Waals surface area contributed by atoms with Gasteiger partial charge in [0.15, 0.2) is 0 Å². The number of aryl methyl sites for hydroxylation is 1. The van der Waals surface area contributed by atoms with Crippen molar-refractivity contribution >= 4 is 28.4 Å². The SMILES string of the molecule is CCC1CC2(O)CC(C2)N1C(=O)CC(C)c1cn(C)c2cccc(Cl)c12. The maximum Gasteiger partial charge on any atom is 0.223 e. The lowest BCUT2D eigenvalue weighted by Crippen LogP contribution is -2.67. The zero-order chi connectivity index (χ0) is 18.6. The Labute approximate surface area is 159 Å². The molecule has 1 aromatic carbocycles. The Hall–Kier alpha value is -1.52. The van der Waals surface area contributed by atoms with Crippen molar-refractivity contribution in [1.82, 2.24) is 9.47 Å². The lowest BCUT2D eigenvalue weighted by molar-refractivity contribution is -0.178. The van der Waals surface area contributed by atoms with Crippen LogP contribution >= 0.6 is 11.6 Å². The molecule has 140 valence electrons. The highest BCUT2D eigenvalue weighted by Gasteiger charge is 2.54. The number of carbonyl (C=O) groups excluding carboxylic acids is 1. The van der Waals surface area contributed by atoms with Gasteiger partial charge in [0.25, 0.3) is 0 Å². The molecule has 2 bridgehead atoms. The Morgan fingerprint density at radius 2 is 2.12 bits per heavy atom. The molecule has 3 fully saturated rings. The number of hydrogen-bond donors (Lipinski definition) is 1. The number of piperidine rings is 2. The number of aliphatic hydroxyl groups is 1. The zero-order valence-electron chi connectivity index (χ0n) is 15.7. The van der Waals surface area contributed by atoms with Gasteiger partial charge in [0.2, 0.25) is 5.91 Å². The maximum absolute atomic E-state index is 13.1. The van der Waals surface area contributed by atoms with Crippen LogP contribution in [0.1, 0.15) is 57.4 Å². The first-order valence-electron chi connectivity index (χ1n) is 9.60. The molecule has 2 saturated heterocycles. The molecule has 1 aromatic heterocycles. The van der Waals surface area contributed by atoms with Crippen molar-refractivity contribution in [2.75, 3.05) is 0 Å². The number of benzene rings is 1. The van der Waals surface area contributed by atoms with Crippen LogP contribution in [-0.2, 0) is 11.8 Å². The minimum atomic E-state index is -0.517. The number of fused-ring (bicyclic) bond motifs is 3. The minimum Gasteiger partial charge on any atom is -0.390 e. The number of rotatable bonds is 4. The molecule has 5 heteroatoms. The van der Waals surface area contributed by atoms with Gasteiger partial charge in [0, 0.05) is 42.7 Å². The highest BCUT2D eigenvalue weighted by molar-refractivity contribution is 6.35. The van der Waals surface area contributed by atoms with Gasteiger partial charge >= 0.3 is 0 Å². The molecule has 5 rings (SSSR count). The van der Waals surface area contributed by atoms with Gasteiger partial charge in [0.1, 0.15) is 0 Å². The molecule has 4 nitrogen and oxygen atoms in total. The fraction of sp³-hybridized carbons (Fsp3) is 0.571. The van der Waals surface area contributed by atoms with E-state index in [0.29, 0.717) is 6.42 Å². The van der Waals surface area contributed by atoms with E-state index in [9.17, 15) is 9.90 Å². The van der Waals surface area contributed by atoms with Crippen LogP contribution in [-0.4, -0.2) is 38.2 Å². The molecule has 1 saturated carbocycles. The van der Waals surface area contributed by atoms with Gasteiger partial charge in [-0.1, -0.05) is 31.5 Å². The summed E-state index contributed by atoms with van der Waals surface area (Å²) in [6.07, 6.45) is 5.69. The fourth-order valence-electron chi connectivity index (χ4n) is 5.05. The second-order valence-corrected chi connectivity index (χ2v) is 8.70. The summed E-state index contributed by atoms with van der Waals surface area (Å²) in [4.78, 5) is 15.2. The molecular formula is C21H27ClN2O2. The Balaban J connectivity index is 1.57. The Kier molecular flexibility index (Phi) is 4.31. The third-order valence-corrected chi connectivity index (χ3v) is 6.71. The highest BCUT2D eigenvalue weighted by Crippen LogP contribution is 2.47. The quantitative estimate of drug-likeness (QED) is 0.870. The van der Waals surface area contributed by atoms with Crippen LogP contribution < -0.4 is 0 Å². The summed E-state index contributed by atoms with van der Waals surface area (Å²) in [6, 6.07) is 6.32. The van der Waals surface area contributed by atoms with E-state index >= 15 is 0 Å². The fourth-order valence-corrected chi connectivity index (χ4v) is 5.33. The second kappa shape index (κ2) is 6.28. The van der Waals surface area contributed by atoms with E-state index in [4.69, 9.17) is 11.6 Å². The monoisotopic (exact) mass is 374 g/mol.